The highest BCUT2D eigenvalue weighted by Crippen LogP contribution is 2.73. The van der Waals surface area contributed by atoms with Crippen molar-refractivity contribution in [2.24, 2.45) is 5.41 Å². The molecular formula is C14H28IOP. The van der Waals surface area contributed by atoms with Crippen molar-refractivity contribution in [2.75, 3.05) is 6.61 Å². The van der Waals surface area contributed by atoms with Gasteiger partial charge < -0.3 is 4.74 Å². The summed E-state index contributed by atoms with van der Waals surface area (Å²) in [4.78, 5) is 0. The minimum atomic E-state index is 0.153. The molecule has 102 valence electrons. The normalized spacial score (nSPS) is 35.3. The van der Waals surface area contributed by atoms with E-state index in [1.165, 1.54) is 6.42 Å². The minimum absolute atomic E-state index is 0.153. The fourth-order valence-corrected chi connectivity index (χ4v) is 5.28. The molecule has 1 fully saturated rings. The van der Waals surface area contributed by atoms with Gasteiger partial charge in [-0.1, -0.05) is 72.7 Å². The molecule has 0 N–H and O–H groups in total. The fraction of sp³-hybridized carbons (Fsp3) is 1.00. The first-order valence-electron chi connectivity index (χ1n) is 6.49. The first kappa shape index (κ1) is 16.2. The van der Waals surface area contributed by atoms with Gasteiger partial charge in [-0.05, 0) is 25.2 Å². The molecule has 0 aromatic rings. The summed E-state index contributed by atoms with van der Waals surface area (Å²) in [6.07, 6.45) is 2.40. The number of ether oxygens (including phenoxy) is 1. The van der Waals surface area contributed by atoms with Crippen LogP contribution in [0.2, 0.25) is 0 Å². The number of hydrogen-bond acceptors (Lipinski definition) is 1. The summed E-state index contributed by atoms with van der Waals surface area (Å²) in [5.74, 6) is 0. The first-order valence-corrected chi connectivity index (χ1v) is 8.57. The van der Waals surface area contributed by atoms with Crippen molar-refractivity contribution < 1.29 is 4.74 Å². The van der Waals surface area contributed by atoms with Gasteiger partial charge in [-0.15, -0.1) is 0 Å². The molecule has 1 aliphatic rings. The smallest absolute Gasteiger partial charge is 0.0910 e. The van der Waals surface area contributed by atoms with Gasteiger partial charge in [-0.3, -0.25) is 0 Å². The average Bonchev–Trinajstić information content (AvgIpc) is 2.44. The van der Waals surface area contributed by atoms with Crippen molar-refractivity contribution >= 4 is 31.2 Å². The molecule has 17 heavy (non-hydrogen) atoms. The fourth-order valence-electron chi connectivity index (χ4n) is 2.31. The predicted molar refractivity (Wildman–Crippen MR) is 87.9 cm³/mol. The summed E-state index contributed by atoms with van der Waals surface area (Å²) in [5, 5.41) is 0.566. The van der Waals surface area contributed by atoms with Gasteiger partial charge in [0.15, 0.2) is 0 Å². The van der Waals surface area contributed by atoms with Gasteiger partial charge >= 0.3 is 0 Å². The van der Waals surface area contributed by atoms with Crippen molar-refractivity contribution in [2.45, 2.75) is 75.2 Å². The summed E-state index contributed by atoms with van der Waals surface area (Å²) >= 11 is 2.56. The van der Waals surface area contributed by atoms with Gasteiger partial charge in [0, 0.05) is 15.2 Å². The van der Waals surface area contributed by atoms with E-state index in [0.29, 0.717) is 14.0 Å². The van der Waals surface area contributed by atoms with Gasteiger partial charge in [0.25, 0.3) is 0 Å². The molecule has 1 heterocycles. The highest BCUT2D eigenvalue weighted by molar-refractivity contribution is 14.1. The van der Waals surface area contributed by atoms with Crippen LogP contribution in [0, 0.1) is 5.41 Å². The van der Waals surface area contributed by atoms with Crippen LogP contribution in [0.1, 0.15) is 61.3 Å². The molecule has 3 atom stereocenters. The van der Waals surface area contributed by atoms with E-state index in [0.717, 1.165) is 21.6 Å². The Hall–Kier alpha value is 1.12. The molecule has 3 unspecified atom stereocenters. The third-order valence-corrected chi connectivity index (χ3v) is 6.03. The lowest BCUT2D eigenvalue weighted by Gasteiger charge is -2.26. The van der Waals surface area contributed by atoms with Crippen LogP contribution in [0.15, 0.2) is 0 Å². The lowest BCUT2D eigenvalue weighted by Crippen LogP contribution is -2.30. The van der Waals surface area contributed by atoms with E-state index in [-0.39, 0.29) is 5.34 Å². The SMILES string of the molecule is CC(C)(C)CCOC1(C)PC1(C)CC(C)(C)I. The van der Waals surface area contributed by atoms with Crippen molar-refractivity contribution in [1.82, 2.24) is 0 Å². The lowest BCUT2D eigenvalue weighted by atomic mass is 9.92. The average molecular weight is 370 g/mol. The Bertz CT molecular complexity index is 279. The Morgan fingerprint density at radius 1 is 1.12 bits per heavy atom. The summed E-state index contributed by atoms with van der Waals surface area (Å²) in [5.41, 5.74) is 0.382. The zero-order chi connectivity index (χ0) is 13.5. The van der Waals surface area contributed by atoms with E-state index in [2.05, 4.69) is 71.1 Å². The van der Waals surface area contributed by atoms with Crippen LogP contribution in [0.5, 0.6) is 0 Å². The van der Waals surface area contributed by atoms with E-state index >= 15 is 0 Å². The number of halogens is 1. The summed E-state index contributed by atoms with van der Waals surface area (Å²) in [6.45, 7) is 17.1. The maximum absolute atomic E-state index is 6.19. The van der Waals surface area contributed by atoms with Crippen LogP contribution in [-0.4, -0.2) is 20.5 Å². The Morgan fingerprint density at radius 3 is 2.06 bits per heavy atom. The van der Waals surface area contributed by atoms with Crippen LogP contribution in [-0.2, 0) is 4.74 Å². The third-order valence-electron chi connectivity index (χ3n) is 3.52. The number of rotatable bonds is 5. The highest BCUT2D eigenvalue weighted by atomic mass is 127. The molecule has 0 saturated carbocycles. The van der Waals surface area contributed by atoms with Crippen molar-refractivity contribution in [3.05, 3.63) is 0 Å². The largest absolute Gasteiger partial charge is 0.370 e. The lowest BCUT2D eigenvalue weighted by molar-refractivity contribution is 0.0280. The maximum Gasteiger partial charge on any atom is 0.0910 e. The predicted octanol–water partition coefficient (Wildman–Crippen LogP) is 5.21. The molecule has 0 spiro atoms. The van der Waals surface area contributed by atoms with Gasteiger partial charge in [-0.25, -0.2) is 0 Å². The van der Waals surface area contributed by atoms with Crippen LogP contribution in [0.3, 0.4) is 0 Å². The maximum atomic E-state index is 6.19. The molecule has 0 amide bonds. The van der Waals surface area contributed by atoms with Crippen LogP contribution in [0.25, 0.3) is 0 Å². The molecule has 0 aromatic carbocycles. The first-order chi connectivity index (χ1) is 7.37. The monoisotopic (exact) mass is 370 g/mol. The second-order valence-electron chi connectivity index (χ2n) is 7.54. The van der Waals surface area contributed by atoms with Crippen LogP contribution < -0.4 is 0 Å². The van der Waals surface area contributed by atoms with Crippen molar-refractivity contribution in [1.29, 1.82) is 0 Å². The Kier molecular flexibility index (Phi) is 4.67. The van der Waals surface area contributed by atoms with Gasteiger partial charge in [-0.2, -0.15) is 0 Å². The van der Waals surface area contributed by atoms with E-state index in [1.807, 2.05) is 0 Å². The van der Waals surface area contributed by atoms with Gasteiger partial charge in [0.2, 0.25) is 0 Å². The Labute approximate surface area is 123 Å². The molecule has 1 saturated heterocycles. The molecule has 1 aliphatic heterocycles. The molecule has 1 rings (SSSR count). The van der Waals surface area contributed by atoms with E-state index in [1.54, 1.807) is 0 Å². The van der Waals surface area contributed by atoms with Crippen LogP contribution in [0.4, 0.5) is 0 Å². The molecule has 1 nitrogen and oxygen atoms in total. The molecule has 0 aliphatic carbocycles. The van der Waals surface area contributed by atoms with E-state index < -0.39 is 0 Å². The highest BCUT2D eigenvalue weighted by Gasteiger charge is 2.63. The quantitative estimate of drug-likeness (QED) is 0.367. The molecular weight excluding hydrogens is 342 g/mol. The van der Waals surface area contributed by atoms with Gasteiger partial charge in [0.1, 0.15) is 0 Å². The second kappa shape index (κ2) is 4.90. The second-order valence-corrected chi connectivity index (χ2v) is 12.8. The minimum Gasteiger partial charge on any atom is -0.370 e. The summed E-state index contributed by atoms with van der Waals surface area (Å²) < 4.78 is 6.57. The van der Waals surface area contributed by atoms with E-state index in [9.17, 15) is 0 Å². The van der Waals surface area contributed by atoms with Crippen LogP contribution >= 0.6 is 31.2 Å². The number of hydrogen-bond donors (Lipinski definition) is 0. The third kappa shape index (κ3) is 4.95. The van der Waals surface area contributed by atoms with E-state index in [4.69, 9.17) is 4.74 Å². The standard InChI is InChI=1S/C14H28IOP/c1-11(2,3)8-9-16-14(7)13(6,17-14)10-12(4,5)15/h17H,8-10H2,1-7H3. The van der Waals surface area contributed by atoms with Gasteiger partial charge in [0.05, 0.1) is 5.34 Å². The Morgan fingerprint density at radius 2 is 1.65 bits per heavy atom. The number of alkyl halides is 1. The van der Waals surface area contributed by atoms with Crippen molar-refractivity contribution in [3.8, 4) is 0 Å². The molecule has 0 aromatic heterocycles. The molecule has 3 heteroatoms. The molecule has 0 bridgehead atoms. The van der Waals surface area contributed by atoms with Crippen molar-refractivity contribution in [3.63, 3.8) is 0 Å². The topological polar surface area (TPSA) is 9.23 Å². The molecule has 0 radical (unpaired) electrons. The Balaban J connectivity index is 2.41. The summed E-state index contributed by atoms with van der Waals surface area (Å²) in [7, 11) is 0.961. The zero-order valence-electron chi connectivity index (χ0n) is 12.4. The summed E-state index contributed by atoms with van der Waals surface area (Å²) in [6, 6.07) is 0. The zero-order valence-corrected chi connectivity index (χ0v) is 15.6.